The molecule has 8 heteroatoms. The fourth-order valence-electron chi connectivity index (χ4n) is 4.61. The first-order valence-electron chi connectivity index (χ1n) is 10.7. The number of alkyl carbamates (subject to hydrolysis) is 1. The number of nitrogens with one attached hydrogen (secondary N) is 1. The van der Waals surface area contributed by atoms with Gasteiger partial charge in [-0.25, -0.2) is 9.59 Å². The van der Waals surface area contributed by atoms with E-state index < -0.39 is 36.2 Å². The monoisotopic (exact) mass is 438 g/mol. The molecule has 1 aliphatic carbocycles. The Morgan fingerprint density at radius 3 is 2.25 bits per heavy atom. The molecule has 2 aromatic rings. The summed E-state index contributed by atoms with van der Waals surface area (Å²) in [7, 11) is 0. The smallest absolute Gasteiger partial charge is 0.407 e. The molecule has 3 N–H and O–H groups in total. The number of ether oxygens (including phenoxy) is 1. The molecule has 0 saturated carbocycles. The number of benzene rings is 2. The van der Waals surface area contributed by atoms with Crippen molar-refractivity contribution >= 4 is 18.0 Å². The number of aliphatic hydroxyl groups is 1. The van der Waals surface area contributed by atoms with Crippen LogP contribution < -0.4 is 5.32 Å². The number of hydrogen-bond donors (Lipinski definition) is 3. The molecule has 1 heterocycles. The molecule has 1 fully saturated rings. The molecule has 0 aromatic heterocycles. The van der Waals surface area contributed by atoms with Crippen molar-refractivity contribution in [2.24, 2.45) is 0 Å². The summed E-state index contributed by atoms with van der Waals surface area (Å²) in [4.78, 5) is 37.9. The summed E-state index contributed by atoms with van der Waals surface area (Å²) in [6, 6.07) is 13.9. The van der Waals surface area contributed by atoms with Crippen LogP contribution in [0.15, 0.2) is 48.5 Å². The zero-order valence-corrected chi connectivity index (χ0v) is 17.7. The number of amides is 2. The Bertz CT molecular complexity index is 993. The van der Waals surface area contributed by atoms with Crippen molar-refractivity contribution in [3.05, 3.63) is 59.7 Å². The molecule has 32 heavy (non-hydrogen) atoms. The maximum atomic E-state index is 12.8. The standard InChI is InChI=1S/C24H26N2O6/c1-2-20(22(28)26-12-14(27)11-21(26)23(29)30)25-24(31)32-13-19-17-9-5-3-7-15(17)16-8-4-6-10-18(16)19/h3-10,14,19-21,27H,2,11-13H2,1H3,(H,25,31)(H,29,30)/t14-,20+,21-/m1/s1. The molecule has 0 unspecified atom stereocenters. The van der Waals surface area contributed by atoms with Crippen LogP contribution in [0.2, 0.25) is 0 Å². The minimum absolute atomic E-state index is 0.0253. The molecule has 0 bridgehead atoms. The van der Waals surface area contributed by atoms with Gasteiger partial charge in [0.1, 0.15) is 18.7 Å². The van der Waals surface area contributed by atoms with E-state index >= 15 is 0 Å². The summed E-state index contributed by atoms with van der Waals surface area (Å²) in [5, 5.41) is 21.7. The van der Waals surface area contributed by atoms with E-state index in [1.807, 2.05) is 48.5 Å². The van der Waals surface area contributed by atoms with Gasteiger partial charge < -0.3 is 25.2 Å². The second-order valence-corrected chi connectivity index (χ2v) is 8.16. The van der Waals surface area contributed by atoms with E-state index in [2.05, 4.69) is 5.32 Å². The average molecular weight is 438 g/mol. The Kier molecular flexibility index (Phi) is 6.14. The van der Waals surface area contributed by atoms with Gasteiger partial charge in [0.2, 0.25) is 5.91 Å². The van der Waals surface area contributed by atoms with Crippen molar-refractivity contribution in [3.63, 3.8) is 0 Å². The van der Waals surface area contributed by atoms with E-state index in [-0.39, 0.29) is 31.9 Å². The highest BCUT2D eigenvalue weighted by Gasteiger charge is 2.41. The van der Waals surface area contributed by atoms with Crippen molar-refractivity contribution in [1.29, 1.82) is 0 Å². The van der Waals surface area contributed by atoms with Crippen LogP contribution in [0.1, 0.15) is 36.8 Å². The molecule has 2 aliphatic rings. The van der Waals surface area contributed by atoms with Crippen LogP contribution in [-0.2, 0) is 14.3 Å². The largest absolute Gasteiger partial charge is 0.480 e. The lowest BCUT2D eigenvalue weighted by Crippen LogP contribution is -2.51. The van der Waals surface area contributed by atoms with Crippen molar-refractivity contribution in [2.75, 3.05) is 13.2 Å². The predicted octanol–water partition coefficient (Wildman–Crippen LogP) is 2.35. The highest BCUT2D eigenvalue weighted by Crippen LogP contribution is 2.44. The fourth-order valence-corrected chi connectivity index (χ4v) is 4.61. The highest BCUT2D eigenvalue weighted by atomic mass is 16.5. The van der Waals surface area contributed by atoms with Crippen molar-refractivity contribution in [2.45, 2.75) is 43.9 Å². The number of likely N-dealkylation sites (tertiary alicyclic amines) is 1. The summed E-state index contributed by atoms with van der Waals surface area (Å²) >= 11 is 0. The molecule has 168 valence electrons. The molecule has 8 nitrogen and oxygen atoms in total. The summed E-state index contributed by atoms with van der Waals surface area (Å²) in [6.07, 6.45) is -1.39. The number of carbonyl (C=O) groups is 3. The molecule has 1 aliphatic heterocycles. The number of carboxylic acid groups (broad SMARTS) is 1. The Morgan fingerprint density at radius 1 is 1.09 bits per heavy atom. The topological polar surface area (TPSA) is 116 Å². The van der Waals surface area contributed by atoms with Crippen molar-refractivity contribution < 1.29 is 29.3 Å². The van der Waals surface area contributed by atoms with Crippen LogP contribution in [0.25, 0.3) is 11.1 Å². The highest BCUT2D eigenvalue weighted by molar-refractivity contribution is 5.90. The van der Waals surface area contributed by atoms with Gasteiger partial charge in [-0.05, 0) is 28.7 Å². The van der Waals surface area contributed by atoms with Crippen LogP contribution in [0.5, 0.6) is 0 Å². The SMILES string of the molecule is CC[C@H](NC(=O)OCC1c2ccccc2-c2ccccc21)C(=O)N1C[C@H](O)C[C@@H]1C(=O)O. The predicted molar refractivity (Wildman–Crippen MR) is 116 cm³/mol. The van der Waals surface area contributed by atoms with Crippen LogP contribution in [-0.4, -0.2) is 64.4 Å². The van der Waals surface area contributed by atoms with Gasteiger partial charge in [0.25, 0.3) is 0 Å². The van der Waals surface area contributed by atoms with Gasteiger partial charge in [-0.15, -0.1) is 0 Å². The number of fused-ring (bicyclic) bond motifs is 3. The van der Waals surface area contributed by atoms with E-state index in [0.29, 0.717) is 0 Å². The van der Waals surface area contributed by atoms with Gasteiger partial charge in [-0.1, -0.05) is 55.5 Å². The first-order chi connectivity index (χ1) is 15.4. The van der Waals surface area contributed by atoms with Gasteiger partial charge in [-0.2, -0.15) is 0 Å². The normalized spacial score (nSPS) is 20.4. The van der Waals surface area contributed by atoms with E-state index in [0.717, 1.165) is 27.2 Å². The molecular weight excluding hydrogens is 412 g/mol. The van der Waals surface area contributed by atoms with Gasteiger partial charge in [0, 0.05) is 18.9 Å². The van der Waals surface area contributed by atoms with Crippen molar-refractivity contribution in [1.82, 2.24) is 10.2 Å². The zero-order chi connectivity index (χ0) is 22.8. The average Bonchev–Trinajstić information content (AvgIpc) is 3.34. The number of aliphatic hydroxyl groups excluding tert-OH is 1. The van der Waals surface area contributed by atoms with Crippen LogP contribution in [0.4, 0.5) is 4.79 Å². The first-order valence-corrected chi connectivity index (χ1v) is 10.7. The molecule has 3 atom stereocenters. The maximum absolute atomic E-state index is 12.8. The number of β-amino-alcohol motifs (C(OH)–C–C–N with tert-alkyl or cyclic N) is 1. The number of carbonyl (C=O) groups excluding carboxylic acids is 2. The van der Waals surface area contributed by atoms with Gasteiger partial charge in [-0.3, -0.25) is 4.79 Å². The van der Waals surface area contributed by atoms with Crippen LogP contribution >= 0.6 is 0 Å². The van der Waals surface area contributed by atoms with E-state index in [1.54, 1.807) is 6.92 Å². The Hall–Kier alpha value is -3.39. The number of aliphatic carboxylic acids is 1. The number of rotatable bonds is 6. The zero-order valence-electron chi connectivity index (χ0n) is 17.7. The van der Waals surface area contributed by atoms with E-state index in [1.165, 1.54) is 0 Å². The molecule has 2 amide bonds. The molecule has 1 saturated heterocycles. The van der Waals surface area contributed by atoms with Gasteiger partial charge >= 0.3 is 12.1 Å². The Balaban J connectivity index is 1.41. The first kappa shape index (κ1) is 21.8. The third-order valence-electron chi connectivity index (χ3n) is 6.19. The molecular formula is C24H26N2O6. The summed E-state index contributed by atoms with van der Waals surface area (Å²) < 4.78 is 5.49. The number of hydrogen-bond acceptors (Lipinski definition) is 5. The second-order valence-electron chi connectivity index (χ2n) is 8.16. The van der Waals surface area contributed by atoms with Crippen LogP contribution in [0.3, 0.4) is 0 Å². The van der Waals surface area contributed by atoms with Gasteiger partial charge in [0.05, 0.1) is 6.10 Å². The Labute approximate surface area is 185 Å². The van der Waals surface area contributed by atoms with Crippen LogP contribution in [0, 0.1) is 0 Å². The Morgan fingerprint density at radius 2 is 1.69 bits per heavy atom. The summed E-state index contributed by atoms with van der Waals surface area (Å²) in [5.74, 6) is -1.81. The lowest BCUT2D eigenvalue weighted by Gasteiger charge is -2.26. The fraction of sp³-hybridized carbons (Fsp3) is 0.375. The number of carboxylic acids is 1. The minimum atomic E-state index is -1.18. The molecule has 0 spiro atoms. The lowest BCUT2D eigenvalue weighted by molar-refractivity contribution is -0.149. The summed E-state index contributed by atoms with van der Waals surface area (Å²) in [5.41, 5.74) is 4.40. The summed E-state index contributed by atoms with van der Waals surface area (Å²) in [6.45, 7) is 1.76. The third-order valence-corrected chi connectivity index (χ3v) is 6.19. The maximum Gasteiger partial charge on any atom is 0.407 e. The lowest BCUT2D eigenvalue weighted by atomic mass is 9.98. The van der Waals surface area contributed by atoms with E-state index in [9.17, 15) is 24.6 Å². The number of nitrogens with zero attached hydrogens (tertiary/aromatic N) is 1. The molecule has 4 rings (SSSR count). The van der Waals surface area contributed by atoms with Crippen molar-refractivity contribution in [3.8, 4) is 11.1 Å². The molecule has 2 aromatic carbocycles. The van der Waals surface area contributed by atoms with E-state index in [4.69, 9.17) is 4.74 Å². The minimum Gasteiger partial charge on any atom is -0.480 e. The third kappa shape index (κ3) is 4.05. The van der Waals surface area contributed by atoms with Gasteiger partial charge in [0.15, 0.2) is 0 Å². The quantitative estimate of drug-likeness (QED) is 0.638. The molecule has 0 radical (unpaired) electrons. The second kappa shape index (κ2) is 9.00.